The Balaban J connectivity index is 1.57. The number of methoxy groups -OCH3 is 1. The number of ether oxygens (including phenoxy) is 6. The van der Waals surface area contributed by atoms with Gasteiger partial charge in [0.2, 0.25) is 19.4 Å². The van der Waals surface area contributed by atoms with E-state index >= 15 is 0 Å². The molecule has 4 unspecified atom stereocenters. The topological polar surface area (TPSA) is 75.6 Å². The van der Waals surface area contributed by atoms with Crippen molar-refractivity contribution in [1.82, 2.24) is 0 Å². The fourth-order valence-corrected chi connectivity index (χ4v) is 4.28. The normalized spacial score (nSPS) is 32.7. The highest BCUT2D eigenvalue weighted by Gasteiger charge is 2.63. The van der Waals surface area contributed by atoms with Crippen LogP contribution in [0, 0.1) is 5.92 Å². The van der Waals surface area contributed by atoms with Crippen LogP contribution in [0.5, 0.6) is 23.0 Å². The molecule has 7 nitrogen and oxygen atoms in total. The zero-order chi connectivity index (χ0) is 19.5. The number of aliphatic hydroxyl groups is 1. The smallest absolute Gasteiger partial charge is 0.231 e. The second kappa shape index (κ2) is 6.01. The lowest BCUT2D eigenvalue weighted by Crippen LogP contribution is -2.50. The van der Waals surface area contributed by atoms with E-state index in [1.165, 1.54) is 7.11 Å². The molecule has 1 fully saturated rings. The van der Waals surface area contributed by atoms with Crippen LogP contribution < -0.4 is 18.9 Å². The van der Waals surface area contributed by atoms with Crippen molar-refractivity contribution in [3.8, 4) is 23.0 Å². The van der Waals surface area contributed by atoms with Crippen LogP contribution in [0.2, 0.25) is 0 Å². The third-order valence-electron chi connectivity index (χ3n) is 6.07. The molecule has 0 amide bonds. The predicted molar refractivity (Wildman–Crippen MR) is 97.4 cm³/mol. The first kappa shape index (κ1) is 17.6. The van der Waals surface area contributed by atoms with Gasteiger partial charge in [-0.25, -0.2) is 0 Å². The van der Waals surface area contributed by atoms with E-state index in [0.717, 1.165) is 5.56 Å². The van der Waals surface area contributed by atoms with Crippen LogP contribution in [0.25, 0.3) is 0 Å². The first-order valence-electron chi connectivity index (χ1n) is 9.21. The fraction of sp³-hybridized carbons (Fsp3) is 0.429. The Morgan fingerprint density at radius 3 is 2.21 bits per heavy atom. The van der Waals surface area contributed by atoms with Gasteiger partial charge in [-0.3, -0.25) is 0 Å². The highest BCUT2D eigenvalue weighted by molar-refractivity contribution is 5.48. The molecule has 4 atom stereocenters. The van der Waals surface area contributed by atoms with E-state index in [2.05, 4.69) is 0 Å². The molecule has 2 aromatic rings. The van der Waals surface area contributed by atoms with Crippen molar-refractivity contribution in [2.75, 3.05) is 20.7 Å². The predicted octanol–water partition coefficient (Wildman–Crippen LogP) is 3.10. The average Bonchev–Trinajstić information content (AvgIpc) is 3.39. The summed E-state index contributed by atoms with van der Waals surface area (Å²) in [4.78, 5) is 0. The van der Waals surface area contributed by atoms with Crippen molar-refractivity contribution in [3.63, 3.8) is 0 Å². The summed E-state index contributed by atoms with van der Waals surface area (Å²) in [7, 11) is 1.54. The highest BCUT2D eigenvalue weighted by Crippen LogP contribution is 2.57. The Labute approximate surface area is 162 Å². The molecular formula is C21H22O7. The van der Waals surface area contributed by atoms with Gasteiger partial charge >= 0.3 is 0 Å². The summed E-state index contributed by atoms with van der Waals surface area (Å²) in [5, 5.41) is 11.5. The number of benzene rings is 2. The van der Waals surface area contributed by atoms with Crippen molar-refractivity contribution in [2.45, 2.75) is 31.3 Å². The molecular weight excluding hydrogens is 364 g/mol. The van der Waals surface area contributed by atoms with Crippen LogP contribution in [0.15, 0.2) is 36.4 Å². The second-order valence-corrected chi connectivity index (χ2v) is 7.48. The fourth-order valence-electron chi connectivity index (χ4n) is 4.28. The van der Waals surface area contributed by atoms with Crippen LogP contribution in [0.4, 0.5) is 0 Å². The number of hydrogen-bond acceptors (Lipinski definition) is 7. The van der Waals surface area contributed by atoms with Crippen LogP contribution in [-0.2, 0) is 15.3 Å². The monoisotopic (exact) mass is 386 g/mol. The molecule has 1 saturated heterocycles. The number of rotatable bonds is 3. The molecule has 0 aromatic heterocycles. The van der Waals surface area contributed by atoms with Gasteiger partial charge in [0.1, 0.15) is 5.60 Å². The van der Waals surface area contributed by atoms with Crippen LogP contribution in [0.3, 0.4) is 0 Å². The lowest BCUT2D eigenvalue weighted by atomic mass is 9.79. The van der Waals surface area contributed by atoms with E-state index in [4.69, 9.17) is 28.4 Å². The maximum absolute atomic E-state index is 11.5. The minimum atomic E-state index is -1.37. The summed E-state index contributed by atoms with van der Waals surface area (Å²) in [5.74, 6) is 1.01. The Morgan fingerprint density at radius 1 is 0.929 bits per heavy atom. The summed E-state index contributed by atoms with van der Waals surface area (Å²) >= 11 is 0. The minimum Gasteiger partial charge on any atom is -0.454 e. The minimum absolute atomic E-state index is 0.173. The molecule has 0 spiro atoms. The maximum Gasteiger partial charge on any atom is 0.231 e. The van der Waals surface area contributed by atoms with Crippen LogP contribution in [-0.4, -0.2) is 31.4 Å². The van der Waals surface area contributed by atoms with E-state index in [0.29, 0.717) is 28.6 Å². The zero-order valence-electron chi connectivity index (χ0n) is 15.9. The van der Waals surface area contributed by atoms with Gasteiger partial charge in [-0.05, 0) is 42.8 Å². The van der Waals surface area contributed by atoms with Gasteiger partial charge in [0.05, 0.1) is 6.10 Å². The summed E-state index contributed by atoms with van der Waals surface area (Å²) < 4.78 is 34.1. The average molecular weight is 386 g/mol. The molecule has 28 heavy (non-hydrogen) atoms. The Bertz CT molecular complexity index is 925. The van der Waals surface area contributed by atoms with E-state index in [1.807, 2.05) is 31.2 Å². The zero-order valence-corrected chi connectivity index (χ0v) is 15.9. The Hall–Kier alpha value is -2.48. The van der Waals surface area contributed by atoms with Crippen molar-refractivity contribution < 1.29 is 33.5 Å². The lowest BCUT2D eigenvalue weighted by molar-refractivity contribution is -0.285. The third-order valence-corrected chi connectivity index (χ3v) is 6.07. The van der Waals surface area contributed by atoms with E-state index in [-0.39, 0.29) is 19.5 Å². The van der Waals surface area contributed by atoms with Crippen molar-refractivity contribution >= 4 is 0 Å². The molecule has 0 aliphatic carbocycles. The molecule has 3 aliphatic rings. The molecule has 5 rings (SSSR count). The van der Waals surface area contributed by atoms with Gasteiger partial charge in [0, 0.05) is 18.6 Å². The Kier molecular flexibility index (Phi) is 3.78. The quantitative estimate of drug-likeness (QED) is 0.869. The second-order valence-electron chi connectivity index (χ2n) is 7.48. The largest absolute Gasteiger partial charge is 0.454 e. The first-order chi connectivity index (χ1) is 13.5. The molecule has 148 valence electrons. The summed E-state index contributed by atoms with van der Waals surface area (Å²) in [5.41, 5.74) is 0.243. The van der Waals surface area contributed by atoms with E-state index < -0.39 is 17.5 Å². The highest BCUT2D eigenvalue weighted by atomic mass is 16.7. The first-order valence-corrected chi connectivity index (χ1v) is 9.21. The van der Waals surface area contributed by atoms with Crippen LogP contribution in [0.1, 0.15) is 31.1 Å². The number of fused-ring (bicyclic) bond motifs is 2. The van der Waals surface area contributed by atoms with Gasteiger partial charge in [0.15, 0.2) is 23.0 Å². The number of hydrogen-bond donors (Lipinski definition) is 1. The summed E-state index contributed by atoms with van der Waals surface area (Å²) in [6.07, 6.45) is -0.408. The van der Waals surface area contributed by atoms with Gasteiger partial charge < -0.3 is 33.5 Å². The van der Waals surface area contributed by atoms with Gasteiger partial charge in [-0.1, -0.05) is 13.0 Å². The van der Waals surface area contributed by atoms with E-state index in [9.17, 15) is 5.11 Å². The van der Waals surface area contributed by atoms with Gasteiger partial charge in [0.25, 0.3) is 0 Å². The molecule has 2 aromatic carbocycles. The third kappa shape index (κ3) is 2.27. The maximum atomic E-state index is 11.5. The van der Waals surface area contributed by atoms with Crippen LogP contribution >= 0.6 is 0 Å². The summed E-state index contributed by atoms with van der Waals surface area (Å²) in [6, 6.07) is 11.1. The molecule has 7 heteroatoms. The van der Waals surface area contributed by atoms with Crippen molar-refractivity contribution in [3.05, 3.63) is 47.5 Å². The summed E-state index contributed by atoms with van der Waals surface area (Å²) in [6.45, 7) is 4.06. The lowest BCUT2D eigenvalue weighted by Gasteiger charge is -2.38. The van der Waals surface area contributed by atoms with Crippen molar-refractivity contribution in [1.29, 1.82) is 0 Å². The molecule has 3 heterocycles. The van der Waals surface area contributed by atoms with Gasteiger partial charge in [-0.2, -0.15) is 0 Å². The van der Waals surface area contributed by atoms with Crippen molar-refractivity contribution in [2.24, 2.45) is 5.92 Å². The SMILES string of the molecule is COC1(c2ccc3c(c2)OCO3)OC(c2ccc3c(c2)OCO3)C(C)C1(C)O. The molecule has 0 bridgehead atoms. The standard InChI is InChI=1S/C21H22O7/c1-12-19(13-4-6-15-17(8-13)26-10-24-15)28-21(23-3,20(12,2)22)14-5-7-16-18(9-14)27-11-25-16/h4-9,12,19,22H,10-11H2,1-3H3. The molecule has 0 saturated carbocycles. The Morgan fingerprint density at radius 2 is 1.54 bits per heavy atom. The molecule has 0 radical (unpaired) electrons. The molecule has 1 N–H and O–H groups in total. The van der Waals surface area contributed by atoms with Gasteiger partial charge in [-0.15, -0.1) is 0 Å². The van der Waals surface area contributed by atoms with E-state index in [1.54, 1.807) is 19.1 Å². The molecule has 3 aliphatic heterocycles.